The van der Waals surface area contributed by atoms with Crippen LogP contribution in [0.4, 0.5) is 0 Å². The molecule has 1 nitrogen and oxygen atoms in total. The third-order valence-corrected chi connectivity index (χ3v) is 4.57. The summed E-state index contributed by atoms with van der Waals surface area (Å²) in [6.45, 7) is 10.1. The molecular formula is C12H22O. The number of ether oxygens (including phenoxy) is 1. The molecular weight excluding hydrogens is 160 g/mol. The second kappa shape index (κ2) is 2.73. The Balaban J connectivity index is 2.08. The molecule has 0 aromatic carbocycles. The molecule has 76 valence electrons. The molecule has 2 aliphatic carbocycles. The average molecular weight is 182 g/mol. The maximum Gasteiger partial charge on any atom is 0.0688 e. The maximum atomic E-state index is 5.92. The highest BCUT2D eigenvalue weighted by atomic mass is 16.5. The first-order valence-electron chi connectivity index (χ1n) is 5.69. The van der Waals surface area contributed by atoms with Gasteiger partial charge in [0, 0.05) is 6.61 Å². The van der Waals surface area contributed by atoms with Crippen molar-refractivity contribution in [2.75, 3.05) is 6.61 Å². The lowest BCUT2D eigenvalue weighted by Gasteiger charge is -2.25. The van der Waals surface area contributed by atoms with E-state index in [1.165, 1.54) is 19.3 Å². The Morgan fingerprint density at radius 1 is 1.38 bits per heavy atom. The van der Waals surface area contributed by atoms with Gasteiger partial charge in [-0.1, -0.05) is 13.8 Å². The van der Waals surface area contributed by atoms with E-state index < -0.39 is 0 Å². The van der Waals surface area contributed by atoms with Gasteiger partial charge in [0.2, 0.25) is 0 Å². The van der Waals surface area contributed by atoms with Gasteiger partial charge in [-0.25, -0.2) is 0 Å². The Bertz CT molecular complexity index is 211. The zero-order chi connectivity index (χ0) is 9.69. The monoisotopic (exact) mass is 182 g/mol. The molecule has 13 heavy (non-hydrogen) atoms. The average Bonchev–Trinajstić information content (AvgIpc) is 2.72. The van der Waals surface area contributed by atoms with Crippen LogP contribution in [0.15, 0.2) is 0 Å². The SMILES string of the molecule is CCOC1(C)CC[C@@]2(C(C)C)C[C@@H]12. The van der Waals surface area contributed by atoms with Gasteiger partial charge in [0.1, 0.15) is 0 Å². The molecule has 0 radical (unpaired) electrons. The molecule has 1 unspecified atom stereocenters. The van der Waals surface area contributed by atoms with Crippen LogP contribution in [0.25, 0.3) is 0 Å². The van der Waals surface area contributed by atoms with Gasteiger partial charge in [-0.3, -0.25) is 0 Å². The largest absolute Gasteiger partial charge is 0.375 e. The minimum absolute atomic E-state index is 0.221. The van der Waals surface area contributed by atoms with E-state index in [-0.39, 0.29) is 5.60 Å². The van der Waals surface area contributed by atoms with Crippen LogP contribution in [0, 0.1) is 17.3 Å². The summed E-state index contributed by atoms with van der Waals surface area (Å²) in [5.41, 5.74) is 0.892. The van der Waals surface area contributed by atoms with Crippen LogP contribution in [0.1, 0.15) is 47.0 Å². The van der Waals surface area contributed by atoms with Crippen molar-refractivity contribution < 1.29 is 4.74 Å². The van der Waals surface area contributed by atoms with Gasteiger partial charge in [-0.15, -0.1) is 0 Å². The fraction of sp³-hybridized carbons (Fsp3) is 1.00. The molecule has 0 aliphatic heterocycles. The Labute approximate surface area is 81.9 Å². The van der Waals surface area contributed by atoms with Gasteiger partial charge >= 0.3 is 0 Å². The summed E-state index contributed by atoms with van der Waals surface area (Å²) in [5.74, 6) is 1.71. The lowest BCUT2D eigenvalue weighted by Crippen LogP contribution is -2.29. The number of rotatable bonds is 3. The summed E-state index contributed by atoms with van der Waals surface area (Å²) in [6.07, 6.45) is 4.09. The van der Waals surface area contributed by atoms with Gasteiger partial charge in [0.15, 0.2) is 0 Å². The second-order valence-electron chi connectivity index (χ2n) is 5.39. The molecule has 2 rings (SSSR count). The predicted molar refractivity (Wildman–Crippen MR) is 54.6 cm³/mol. The van der Waals surface area contributed by atoms with Crippen molar-refractivity contribution in [3.8, 4) is 0 Å². The van der Waals surface area contributed by atoms with Crippen molar-refractivity contribution in [3.05, 3.63) is 0 Å². The summed E-state index contributed by atoms with van der Waals surface area (Å²) in [4.78, 5) is 0. The summed E-state index contributed by atoms with van der Waals surface area (Å²) in [5, 5.41) is 0. The van der Waals surface area contributed by atoms with Crippen molar-refractivity contribution in [1.82, 2.24) is 0 Å². The normalized spacial score (nSPS) is 48.2. The van der Waals surface area contributed by atoms with Crippen molar-refractivity contribution in [1.29, 1.82) is 0 Å². The first-order chi connectivity index (χ1) is 6.05. The van der Waals surface area contributed by atoms with Crippen LogP contribution in [-0.4, -0.2) is 12.2 Å². The standard InChI is InChI=1S/C12H22O/c1-5-13-11(4)6-7-12(9(2)3)8-10(11)12/h9-10H,5-8H2,1-4H3/t10-,11?,12-/m0/s1. The minimum Gasteiger partial charge on any atom is -0.375 e. The van der Waals surface area contributed by atoms with E-state index in [1.54, 1.807) is 0 Å². The molecule has 0 amide bonds. The summed E-state index contributed by atoms with van der Waals surface area (Å²) in [7, 11) is 0. The van der Waals surface area contributed by atoms with Gasteiger partial charge in [0.25, 0.3) is 0 Å². The molecule has 0 N–H and O–H groups in total. The third-order valence-electron chi connectivity index (χ3n) is 4.57. The summed E-state index contributed by atoms with van der Waals surface area (Å²) in [6, 6.07) is 0. The van der Waals surface area contributed by atoms with Crippen LogP contribution in [0.5, 0.6) is 0 Å². The molecule has 2 aliphatic rings. The fourth-order valence-electron chi connectivity index (χ4n) is 3.51. The van der Waals surface area contributed by atoms with Crippen molar-refractivity contribution in [3.63, 3.8) is 0 Å². The molecule has 1 heteroatoms. The first kappa shape index (κ1) is 9.51. The van der Waals surface area contributed by atoms with Crippen molar-refractivity contribution >= 4 is 0 Å². The smallest absolute Gasteiger partial charge is 0.0688 e. The van der Waals surface area contributed by atoms with Gasteiger partial charge in [-0.2, -0.15) is 0 Å². The molecule has 0 saturated heterocycles. The van der Waals surface area contributed by atoms with E-state index in [1.807, 2.05) is 0 Å². The zero-order valence-corrected chi connectivity index (χ0v) is 9.39. The predicted octanol–water partition coefficient (Wildman–Crippen LogP) is 3.24. The molecule has 0 spiro atoms. The van der Waals surface area contributed by atoms with Gasteiger partial charge < -0.3 is 4.74 Å². The van der Waals surface area contributed by atoms with E-state index in [2.05, 4.69) is 27.7 Å². The zero-order valence-electron chi connectivity index (χ0n) is 9.39. The molecule has 0 heterocycles. The van der Waals surface area contributed by atoms with E-state index in [0.29, 0.717) is 5.41 Å². The Morgan fingerprint density at radius 2 is 2.08 bits per heavy atom. The van der Waals surface area contributed by atoms with Crippen LogP contribution in [-0.2, 0) is 4.74 Å². The van der Waals surface area contributed by atoms with E-state index in [4.69, 9.17) is 4.74 Å². The van der Waals surface area contributed by atoms with Crippen LogP contribution < -0.4 is 0 Å². The van der Waals surface area contributed by atoms with Crippen LogP contribution >= 0.6 is 0 Å². The Kier molecular flexibility index (Phi) is 1.99. The highest BCUT2D eigenvalue weighted by molar-refractivity contribution is 5.17. The molecule has 0 aromatic heterocycles. The quantitative estimate of drug-likeness (QED) is 0.651. The topological polar surface area (TPSA) is 9.23 Å². The highest BCUT2D eigenvalue weighted by Gasteiger charge is 2.67. The van der Waals surface area contributed by atoms with Gasteiger partial charge in [-0.05, 0) is 50.4 Å². The number of hydrogen-bond acceptors (Lipinski definition) is 1. The third kappa shape index (κ3) is 1.16. The van der Waals surface area contributed by atoms with E-state index in [9.17, 15) is 0 Å². The lowest BCUT2D eigenvalue weighted by atomic mass is 9.90. The first-order valence-corrected chi connectivity index (χ1v) is 5.69. The maximum absolute atomic E-state index is 5.92. The molecule has 2 fully saturated rings. The highest BCUT2D eigenvalue weighted by Crippen LogP contribution is 2.71. The minimum atomic E-state index is 0.221. The number of hydrogen-bond donors (Lipinski definition) is 0. The van der Waals surface area contributed by atoms with Crippen LogP contribution in [0.2, 0.25) is 0 Å². The lowest BCUT2D eigenvalue weighted by molar-refractivity contribution is -0.0374. The fourth-order valence-corrected chi connectivity index (χ4v) is 3.51. The van der Waals surface area contributed by atoms with E-state index >= 15 is 0 Å². The molecule has 3 atom stereocenters. The summed E-state index contributed by atoms with van der Waals surface area (Å²) >= 11 is 0. The van der Waals surface area contributed by atoms with Crippen molar-refractivity contribution in [2.45, 2.75) is 52.6 Å². The molecule has 0 aromatic rings. The Morgan fingerprint density at radius 3 is 2.46 bits per heavy atom. The second-order valence-corrected chi connectivity index (χ2v) is 5.39. The molecule has 0 bridgehead atoms. The van der Waals surface area contributed by atoms with E-state index in [0.717, 1.165) is 18.4 Å². The van der Waals surface area contributed by atoms with Crippen LogP contribution in [0.3, 0.4) is 0 Å². The number of fused-ring (bicyclic) bond motifs is 1. The molecule has 2 saturated carbocycles. The van der Waals surface area contributed by atoms with Gasteiger partial charge in [0.05, 0.1) is 5.60 Å². The summed E-state index contributed by atoms with van der Waals surface area (Å²) < 4.78 is 5.92. The Hall–Kier alpha value is -0.0400. The van der Waals surface area contributed by atoms with Crippen molar-refractivity contribution in [2.24, 2.45) is 17.3 Å².